The zero-order valence-electron chi connectivity index (χ0n) is 9.28. The predicted octanol–water partition coefficient (Wildman–Crippen LogP) is 0.697. The lowest BCUT2D eigenvalue weighted by Gasteiger charge is -2.05. The standard InChI is InChI=1S/C12H17N3O/c16-12(15-7-10-4-5-10)9-13-8-11-3-1-2-6-14-11/h1-3,6,10,13H,4-5,7-9H2,(H,15,16). The molecule has 0 saturated heterocycles. The minimum Gasteiger partial charge on any atom is -0.355 e. The molecule has 1 aromatic rings. The molecule has 1 aliphatic rings. The van der Waals surface area contributed by atoms with E-state index in [-0.39, 0.29) is 5.91 Å². The average Bonchev–Trinajstić information content (AvgIpc) is 3.12. The van der Waals surface area contributed by atoms with Gasteiger partial charge in [0.1, 0.15) is 0 Å². The van der Waals surface area contributed by atoms with Gasteiger partial charge in [-0.3, -0.25) is 9.78 Å². The average molecular weight is 219 g/mol. The van der Waals surface area contributed by atoms with Crippen LogP contribution in [-0.2, 0) is 11.3 Å². The Morgan fingerprint density at radius 2 is 2.31 bits per heavy atom. The van der Waals surface area contributed by atoms with E-state index in [0.29, 0.717) is 13.1 Å². The molecule has 16 heavy (non-hydrogen) atoms. The van der Waals surface area contributed by atoms with Gasteiger partial charge in [-0.15, -0.1) is 0 Å². The maximum atomic E-state index is 11.4. The second-order valence-corrected chi connectivity index (χ2v) is 4.17. The molecular formula is C12H17N3O. The second kappa shape index (κ2) is 5.61. The lowest BCUT2D eigenvalue weighted by molar-refractivity contribution is -0.120. The van der Waals surface area contributed by atoms with E-state index in [1.807, 2.05) is 18.2 Å². The van der Waals surface area contributed by atoms with Gasteiger partial charge in [-0.05, 0) is 30.9 Å². The van der Waals surface area contributed by atoms with E-state index >= 15 is 0 Å². The molecule has 0 unspecified atom stereocenters. The summed E-state index contributed by atoms with van der Waals surface area (Å²) in [6, 6.07) is 5.76. The van der Waals surface area contributed by atoms with E-state index < -0.39 is 0 Å². The molecule has 4 heteroatoms. The Labute approximate surface area is 95.5 Å². The zero-order valence-corrected chi connectivity index (χ0v) is 9.28. The van der Waals surface area contributed by atoms with Gasteiger partial charge in [-0.25, -0.2) is 0 Å². The normalized spacial score (nSPS) is 14.8. The molecule has 0 bridgehead atoms. The first-order valence-electron chi connectivity index (χ1n) is 5.72. The predicted molar refractivity (Wildman–Crippen MR) is 61.7 cm³/mol. The highest BCUT2D eigenvalue weighted by molar-refractivity contribution is 5.77. The number of hydrogen-bond acceptors (Lipinski definition) is 3. The molecule has 1 fully saturated rings. The second-order valence-electron chi connectivity index (χ2n) is 4.17. The van der Waals surface area contributed by atoms with Crippen molar-refractivity contribution in [3.8, 4) is 0 Å². The van der Waals surface area contributed by atoms with Crippen LogP contribution in [0.5, 0.6) is 0 Å². The Balaban J connectivity index is 1.58. The molecule has 1 saturated carbocycles. The Morgan fingerprint density at radius 1 is 1.44 bits per heavy atom. The van der Waals surface area contributed by atoms with Crippen LogP contribution in [0, 0.1) is 5.92 Å². The molecule has 0 atom stereocenters. The number of carbonyl (C=O) groups excluding carboxylic acids is 1. The van der Waals surface area contributed by atoms with Gasteiger partial charge in [0.05, 0.1) is 12.2 Å². The molecule has 2 rings (SSSR count). The highest BCUT2D eigenvalue weighted by Gasteiger charge is 2.21. The molecule has 1 amide bonds. The quantitative estimate of drug-likeness (QED) is 0.740. The summed E-state index contributed by atoms with van der Waals surface area (Å²) in [7, 11) is 0. The topological polar surface area (TPSA) is 54.0 Å². The maximum absolute atomic E-state index is 11.4. The number of rotatable bonds is 6. The van der Waals surface area contributed by atoms with Crippen molar-refractivity contribution in [1.82, 2.24) is 15.6 Å². The highest BCUT2D eigenvalue weighted by atomic mass is 16.1. The first-order chi connectivity index (χ1) is 7.84. The van der Waals surface area contributed by atoms with Gasteiger partial charge in [0.15, 0.2) is 0 Å². The summed E-state index contributed by atoms with van der Waals surface area (Å²) in [6.07, 6.45) is 4.29. The largest absolute Gasteiger partial charge is 0.355 e. The number of aromatic nitrogens is 1. The first-order valence-corrected chi connectivity index (χ1v) is 5.72. The fraction of sp³-hybridized carbons (Fsp3) is 0.500. The molecular weight excluding hydrogens is 202 g/mol. The fourth-order valence-electron chi connectivity index (χ4n) is 1.45. The van der Waals surface area contributed by atoms with Crippen molar-refractivity contribution in [2.75, 3.05) is 13.1 Å². The molecule has 86 valence electrons. The molecule has 0 aliphatic heterocycles. The summed E-state index contributed by atoms with van der Waals surface area (Å²) in [5.41, 5.74) is 0.956. The van der Waals surface area contributed by atoms with Crippen LogP contribution in [-0.4, -0.2) is 24.0 Å². The van der Waals surface area contributed by atoms with Gasteiger partial charge in [-0.2, -0.15) is 0 Å². The van der Waals surface area contributed by atoms with Crippen LogP contribution in [0.2, 0.25) is 0 Å². The van der Waals surface area contributed by atoms with Crippen molar-refractivity contribution in [1.29, 1.82) is 0 Å². The van der Waals surface area contributed by atoms with E-state index in [9.17, 15) is 4.79 Å². The van der Waals surface area contributed by atoms with E-state index in [1.165, 1.54) is 12.8 Å². The number of hydrogen-bond donors (Lipinski definition) is 2. The summed E-state index contributed by atoms with van der Waals surface area (Å²) in [5.74, 6) is 0.808. The van der Waals surface area contributed by atoms with E-state index in [2.05, 4.69) is 15.6 Å². The summed E-state index contributed by atoms with van der Waals surface area (Å²) >= 11 is 0. The number of pyridine rings is 1. The Bertz CT molecular complexity index is 335. The monoisotopic (exact) mass is 219 g/mol. The third-order valence-electron chi connectivity index (χ3n) is 2.60. The lowest BCUT2D eigenvalue weighted by atomic mass is 10.3. The van der Waals surface area contributed by atoms with Crippen molar-refractivity contribution >= 4 is 5.91 Å². The van der Waals surface area contributed by atoms with Crippen molar-refractivity contribution in [3.63, 3.8) is 0 Å². The van der Waals surface area contributed by atoms with Crippen LogP contribution in [0.3, 0.4) is 0 Å². The van der Waals surface area contributed by atoms with Crippen molar-refractivity contribution in [2.24, 2.45) is 5.92 Å². The number of nitrogens with one attached hydrogen (secondary N) is 2. The molecule has 2 N–H and O–H groups in total. The Kier molecular flexibility index (Phi) is 3.88. The van der Waals surface area contributed by atoms with Gasteiger partial charge < -0.3 is 10.6 Å². The van der Waals surface area contributed by atoms with E-state index in [4.69, 9.17) is 0 Å². The Hall–Kier alpha value is -1.42. The number of carbonyl (C=O) groups is 1. The van der Waals surface area contributed by atoms with Crippen LogP contribution in [0.15, 0.2) is 24.4 Å². The fourth-order valence-corrected chi connectivity index (χ4v) is 1.45. The molecule has 1 aromatic heterocycles. The van der Waals surface area contributed by atoms with E-state index in [0.717, 1.165) is 18.2 Å². The van der Waals surface area contributed by atoms with Crippen molar-refractivity contribution in [2.45, 2.75) is 19.4 Å². The molecule has 0 radical (unpaired) electrons. The number of nitrogens with zero attached hydrogens (tertiary/aromatic N) is 1. The van der Waals surface area contributed by atoms with Crippen LogP contribution in [0.1, 0.15) is 18.5 Å². The smallest absolute Gasteiger partial charge is 0.233 e. The summed E-state index contributed by atoms with van der Waals surface area (Å²) in [5, 5.41) is 5.98. The minimum atomic E-state index is 0.0721. The van der Waals surface area contributed by atoms with Crippen LogP contribution in [0.4, 0.5) is 0 Å². The Morgan fingerprint density at radius 3 is 3.00 bits per heavy atom. The minimum absolute atomic E-state index is 0.0721. The molecule has 1 aliphatic carbocycles. The van der Waals surface area contributed by atoms with Crippen LogP contribution < -0.4 is 10.6 Å². The van der Waals surface area contributed by atoms with Gasteiger partial charge in [0.25, 0.3) is 0 Å². The zero-order chi connectivity index (χ0) is 11.2. The van der Waals surface area contributed by atoms with Gasteiger partial charge in [0.2, 0.25) is 5.91 Å². The highest BCUT2D eigenvalue weighted by Crippen LogP contribution is 2.27. The molecule has 0 aromatic carbocycles. The third-order valence-corrected chi connectivity index (χ3v) is 2.60. The molecule has 4 nitrogen and oxygen atoms in total. The maximum Gasteiger partial charge on any atom is 0.233 e. The SMILES string of the molecule is O=C(CNCc1ccccn1)NCC1CC1. The van der Waals surface area contributed by atoms with Gasteiger partial charge >= 0.3 is 0 Å². The third kappa shape index (κ3) is 3.98. The summed E-state index contributed by atoms with van der Waals surface area (Å²) in [6.45, 7) is 1.84. The van der Waals surface area contributed by atoms with E-state index in [1.54, 1.807) is 6.20 Å². The molecule has 1 heterocycles. The van der Waals surface area contributed by atoms with Gasteiger partial charge in [-0.1, -0.05) is 6.07 Å². The van der Waals surface area contributed by atoms with Gasteiger partial charge in [0, 0.05) is 19.3 Å². The first kappa shape index (κ1) is 11.1. The lowest BCUT2D eigenvalue weighted by Crippen LogP contribution is -2.34. The summed E-state index contributed by atoms with van der Waals surface area (Å²) < 4.78 is 0. The summed E-state index contributed by atoms with van der Waals surface area (Å²) in [4.78, 5) is 15.5. The number of amides is 1. The van der Waals surface area contributed by atoms with Crippen molar-refractivity contribution in [3.05, 3.63) is 30.1 Å². The van der Waals surface area contributed by atoms with Crippen LogP contribution in [0.25, 0.3) is 0 Å². The molecule has 0 spiro atoms. The van der Waals surface area contributed by atoms with Crippen LogP contribution >= 0.6 is 0 Å². The van der Waals surface area contributed by atoms with Crippen molar-refractivity contribution < 1.29 is 4.79 Å².